The Kier molecular flexibility index (Phi) is 12.5. The van der Waals surface area contributed by atoms with E-state index < -0.39 is 12.1 Å². The summed E-state index contributed by atoms with van der Waals surface area (Å²) in [4.78, 5) is 24.2. The molecule has 0 saturated heterocycles. The maximum absolute atomic E-state index is 12.1. The first-order chi connectivity index (χ1) is 22.0. The summed E-state index contributed by atoms with van der Waals surface area (Å²) in [6.45, 7) is 1.21. The van der Waals surface area contributed by atoms with Crippen molar-refractivity contribution in [3.05, 3.63) is 120 Å². The zero-order valence-electron chi connectivity index (χ0n) is 25.0. The second-order valence-corrected chi connectivity index (χ2v) is 10.2. The molecule has 0 aliphatic rings. The van der Waals surface area contributed by atoms with Crippen LogP contribution in [0.1, 0.15) is 43.2 Å². The summed E-state index contributed by atoms with van der Waals surface area (Å²) in [6, 6.07) is 31.4. The van der Waals surface area contributed by atoms with Gasteiger partial charge in [-0.05, 0) is 85.6 Å². The molecule has 0 spiro atoms. The van der Waals surface area contributed by atoms with Gasteiger partial charge in [0, 0.05) is 22.5 Å². The van der Waals surface area contributed by atoms with Crippen molar-refractivity contribution in [3.8, 4) is 11.5 Å². The number of anilines is 2. The van der Waals surface area contributed by atoms with Crippen LogP contribution in [0.5, 0.6) is 11.5 Å². The van der Waals surface area contributed by atoms with Crippen molar-refractivity contribution in [1.29, 1.82) is 10.8 Å². The molecule has 0 radical (unpaired) electrons. The number of carbonyl (C=O) groups excluding carboxylic acids is 2. The minimum atomic E-state index is -0.467. The monoisotopic (exact) mass is 606 g/mol. The summed E-state index contributed by atoms with van der Waals surface area (Å²) >= 11 is 0. The molecule has 0 unspecified atom stereocenters. The Morgan fingerprint density at radius 1 is 0.489 bits per heavy atom. The van der Waals surface area contributed by atoms with E-state index >= 15 is 0 Å². The first-order valence-corrected chi connectivity index (χ1v) is 14.9. The highest BCUT2D eigenvalue weighted by Gasteiger charge is 2.09. The van der Waals surface area contributed by atoms with Crippen LogP contribution in [0, 0.1) is 10.8 Å². The molecule has 0 saturated carbocycles. The molecule has 0 aromatic heterocycles. The first kappa shape index (κ1) is 32.3. The van der Waals surface area contributed by atoms with Gasteiger partial charge in [0.15, 0.2) is 0 Å². The third-order valence-corrected chi connectivity index (χ3v) is 6.65. The van der Waals surface area contributed by atoms with Gasteiger partial charge in [-0.15, -0.1) is 0 Å². The molecule has 10 heteroatoms. The molecule has 0 fully saturated rings. The third-order valence-electron chi connectivity index (χ3n) is 6.65. The Balaban J connectivity index is 1.02. The lowest BCUT2D eigenvalue weighted by molar-refractivity contribution is 0.255. The lowest BCUT2D eigenvalue weighted by Gasteiger charge is -2.10. The molecule has 0 bridgehead atoms. The van der Waals surface area contributed by atoms with E-state index in [9.17, 15) is 9.59 Å². The fourth-order valence-electron chi connectivity index (χ4n) is 4.29. The fraction of sp³-hybridized carbons (Fsp3) is 0.200. The predicted octanol–water partition coefficient (Wildman–Crippen LogP) is 7.39. The number of nitrogens with one attached hydrogen (secondary N) is 6. The second-order valence-electron chi connectivity index (χ2n) is 10.2. The topological polar surface area (TPSA) is 148 Å². The highest BCUT2D eigenvalue weighted by atomic mass is 16.5. The van der Waals surface area contributed by atoms with Gasteiger partial charge in [-0.1, -0.05) is 55.7 Å². The Bertz CT molecular complexity index is 1410. The largest absolute Gasteiger partial charge is 0.494 e. The Morgan fingerprint density at radius 3 is 1.22 bits per heavy atom. The van der Waals surface area contributed by atoms with Crippen molar-refractivity contribution in [2.24, 2.45) is 0 Å². The van der Waals surface area contributed by atoms with Crippen LogP contribution in [0.4, 0.5) is 21.0 Å². The Hall–Kier alpha value is -5.64. The van der Waals surface area contributed by atoms with Crippen molar-refractivity contribution in [2.75, 3.05) is 23.8 Å². The molecular weight excluding hydrogens is 568 g/mol. The highest BCUT2D eigenvalue weighted by Crippen LogP contribution is 2.15. The molecule has 4 aromatic rings. The van der Waals surface area contributed by atoms with Crippen LogP contribution >= 0.6 is 0 Å². The molecule has 4 rings (SSSR count). The molecule has 232 valence electrons. The lowest BCUT2D eigenvalue weighted by atomic mass is 10.1. The van der Waals surface area contributed by atoms with E-state index in [1.165, 1.54) is 0 Å². The zero-order valence-corrected chi connectivity index (χ0v) is 25.0. The Labute approximate surface area is 263 Å². The molecule has 0 aliphatic heterocycles. The van der Waals surface area contributed by atoms with E-state index in [0.29, 0.717) is 35.7 Å². The summed E-state index contributed by atoms with van der Waals surface area (Å²) in [5.41, 5.74) is 2.48. The number of amidine groups is 2. The Morgan fingerprint density at radius 2 is 0.844 bits per heavy atom. The van der Waals surface area contributed by atoms with Crippen LogP contribution in [0.2, 0.25) is 0 Å². The lowest BCUT2D eigenvalue weighted by Crippen LogP contribution is -2.34. The van der Waals surface area contributed by atoms with Gasteiger partial charge in [0.2, 0.25) is 0 Å². The van der Waals surface area contributed by atoms with Gasteiger partial charge >= 0.3 is 12.1 Å². The number of amides is 4. The van der Waals surface area contributed by atoms with Gasteiger partial charge in [0.25, 0.3) is 0 Å². The number of hydrogen-bond donors (Lipinski definition) is 6. The highest BCUT2D eigenvalue weighted by molar-refractivity contribution is 6.10. The number of ether oxygens (including phenoxy) is 2. The van der Waals surface area contributed by atoms with Gasteiger partial charge in [0.05, 0.1) is 13.2 Å². The van der Waals surface area contributed by atoms with E-state index in [-0.39, 0.29) is 11.7 Å². The van der Waals surface area contributed by atoms with Crippen molar-refractivity contribution in [2.45, 2.75) is 32.1 Å². The summed E-state index contributed by atoms with van der Waals surface area (Å²) in [6.07, 6.45) is 5.04. The molecule has 45 heavy (non-hydrogen) atoms. The SMILES string of the molecule is N=C(NC(=O)Nc1ccccc1)c1ccc(OCCCCCCCOc2ccc(C(=N)NC(=O)Nc3ccccc3)cc2)cc1. The minimum absolute atomic E-state index is 0.00870. The van der Waals surface area contributed by atoms with Crippen LogP contribution in [-0.2, 0) is 0 Å². The van der Waals surface area contributed by atoms with Crippen LogP contribution in [0.15, 0.2) is 109 Å². The number of carbonyl (C=O) groups is 2. The van der Waals surface area contributed by atoms with Gasteiger partial charge in [0.1, 0.15) is 23.2 Å². The fourth-order valence-corrected chi connectivity index (χ4v) is 4.29. The molecule has 0 heterocycles. The van der Waals surface area contributed by atoms with Crippen molar-refractivity contribution >= 4 is 35.1 Å². The normalized spacial score (nSPS) is 10.3. The molecule has 10 nitrogen and oxygen atoms in total. The molecule has 0 aliphatic carbocycles. The average Bonchev–Trinajstić information content (AvgIpc) is 3.05. The van der Waals surface area contributed by atoms with E-state index in [0.717, 1.165) is 43.6 Å². The number of urea groups is 2. The summed E-state index contributed by atoms with van der Waals surface area (Å²) < 4.78 is 11.6. The van der Waals surface area contributed by atoms with Crippen LogP contribution in [0.25, 0.3) is 0 Å². The third kappa shape index (κ3) is 11.5. The van der Waals surface area contributed by atoms with Crippen LogP contribution < -0.4 is 30.7 Å². The van der Waals surface area contributed by atoms with E-state index in [1.807, 2.05) is 36.4 Å². The quantitative estimate of drug-likeness (QED) is 0.0504. The first-order valence-electron chi connectivity index (χ1n) is 14.9. The van der Waals surface area contributed by atoms with Gasteiger partial charge in [-0.3, -0.25) is 21.5 Å². The van der Waals surface area contributed by atoms with E-state index in [2.05, 4.69) is 21.3 Å². The van der Waals surface area contributed by atoms with E-state index in [4.69, 9.17) is 20.3 Å². The molecule has 6 N–H and O–H groups in total. The van der Waals surface area contributed by atoms with E-state index in [1.54, 1.807) is 72.8 Å². The number of rotatable bonds is 14. The molecular formula is C35H38N6O4. The summed E-state index contributed by atoms with van der Waals surface area (Å²) in [7, 11) is 0. The smallest absolute Gasteiger partial charge is 0.324 e. The minimum Gasteiger partial charge on any atom is -0.494 e. The maximum atomic E-state index is 12.1. The predicted molar refractivity (Wildman–Crippen MR) is 178 cm³/mol. The van der Waals surface area contributed by atoms with Crippen molar-refractivity contribution < 1.29 is 19.1 Å². The molecule has 4 aromatic carbocycles. The summed E-state index contributed by atoms with van der Waals surface area (Å²) in [5.74, 6) is 1.46. The molecule has 0 atom stereocenters. The average molecular weight is 607 g/mol. The van der Waals surface area contributed by atoms with Gasteiger partial charge in [-0.2, -0.15) is 0 Å². The van der Waals surface area contributed by atoms with Crippen molar-refractivity contribution in [3.63, 3.8) is 0 Å². The zero-order chi connectivity index (χ0) is 31.7. The number of hydrogen-bond acceptors (Lipinski definition) is 6. The molecule has 4 amide bonds. The van der Waals surface area contributed by atoms with Gasteiger partial charge < -0.3 is 20.1 Å². The van der Waals surface area contributed by atoms with Crippen molar-refractivity contribution in [1.82, 2.24) is 10.6 Å². The second kappa shape index (κ2) is 17.5. The maximum Gasteiger partial charge on any atom is 0.324 e. The number of unbranched alkanes of at least 4 members (excludes halogenated alkanes) is 4. The summed E-state index contributed by atoms with van der Waals surface area (Å²) in [5, 5.41) is 26.7. The number of benzene rings is 4. The standard InChI is InChI=1S/C35H38N6O4/c36-32(40-34(42)38-28-12-6-4-7-13-28)26-16-20-30(21-17-26)44-24-10-2-1-3-11-25-45-31-22-18-27(19-23-31)33(37)41-35(43)39-29-14-8-5-9-15-29/h4-9,12-23H,1-3,10-11,24-25H2,(H3,36,38,40,42)(H3,37,39,41,43). The van der Waals surface area contributed by atoms with Crippen LogP contribution in [-0.4, -0.2) is 36.9 Å². The van der Waals surface area contributed by atoms with Gasteiger partial charge in [-0.25, -0.2) is 9.59 Å². The number of para-hydroxylation sites is 2. The van der Waals surface area contributed by atoms with Crippen LogP contribution in [0.3, 0.4) is 0 Å².